The summed E-state index contributed by atoms with van der Waals surface area (Å²) >= 11 is 3.43. The highest BCUT2D eigenvalue weighted by atomic mass is 79.9. The summed E-state index contributed by atoms with van der Waals surface area (Å²) in [7, 11) is 0. The third-order valence-corrected chi connectivity index (χ3v) is 4.90. The molecule has 26 heavy (non-hydrogen) atoms. The van der Waals surface area contributed by atoms with Gasteiger partial charge < -0.3 is 4.74 Å². The van der Waals surface area contributed by atoms with Crippen LogP contribution in [0.3, 0.4) is 0 Å². The van der Waals surface area contributed by atoms with E-state index in [0.717, 1.165) is 26.7 Å². The largest absolute Gasteiger partial charge is 0.484 e. The number of carbonyl (C=O) groups is 1. The summed E-state index contributed by atoms with van der Waals surface area (Å²) in [5.41, 5.74) is 5.29. The van der Waals surface area contributed by atoms with Crippen molar-refractivity contribution in [3.05, 3.63) is 76.3 Å². The Bertz CT molecular complexity index is 983. The highest BCUT2D eigenvalue weighted by Crippen LogP contribution is 2.21. The molecule has 5 heteroatoms. The summed E-state index contributed by atoms with van der Waals surface area (Å²) in [5, 5.41) is 6.49. The van der Waals surface area contributed by atoms with Gasteiger partial charge in [-0.25, -0.2) is 5.43 Å². The van der Waals surface area contributed by atoms with Crippen molar-refractivity contribution < 1.29 is 9.53 Å². The van der Waals surface area contributed by atoms with E-state index >= 15 is 0 Å². The Labute approximate surface area is 161 Å². The van der Waals surface area contributed by atoms with Gasteiger partial charge in [-0.3, -0.25) is 4.79 Å². The third kappa shape index (κ3) is 4.49. The van der Waals surface area contributed by atoms with E-state index in [2.05, 4.69) is 44.7 Å². The molecular formula is C21H19BrN2O2. The second-order valence-electron chi connectivity index (χ2n) is 5.99. The molecule has 0 radical (unpaired) electrons. The predicted molar refractivity (Wildman–Crippen MR) is 109 cm³/mol. The van der Waals surface area contributed by atoms with Crippen molar-refractivity contribution in [3.63, 3.8) is 0 Å². The molecule has 0 saturated heterocycles. The Morgan fingerprint density at radius 1 is 1.08 bits per heavy atom. The Hall–Kier alpha value is -2.66. The van der Waals surface area contributed by atoms with Gasteiger partial charge in [-0.1, -0.05) is 52.3 Å². The first-order valence-corrected chi connectivity index (χ1v) is 9.03. The summed E-state index contributed by atoms with van der Waals surface area (Å²) in [5.74, 6) is 0.349. The number of halogens is 1. The average molecular weight is 411 g/mol. The topological polar surface area (TPSA) is 50.7 Å². The Morgan fingerprint density at radius 2 is 1.85 bits per heavy atom. The number of hydrazone groups is 1. The van der Waals surface area contributed by atoms with Crippen molar-refractivity contribution in [2.24, 2.45) is 5.10 Å². The van der Waals surface area contributed by atoms with E-state index in [9.17, 15) is 4.79 Å². The number of ether oxygens (including phenoxy) is 1. The Morgan fingerprint density at radius 3 is 2.62 bits per heavy atom. The van der Waals surface area contributed by atoms with E-state index in [-0.39, 0.29) is 12.5 Å². The number of nitrogens with one attached hydrogen (secondary N) is 1. The second-order valence-corrected chi connectivity index (χ2v) is 6.85. The Kier molecular flexibility index (Phi) is 5.68. The first kappa shape index (κ1) is 18.1. The molecule has 0 aromatic heterocycles. The summed E-state index contributed by atoms with van der Waals surface area (Å²) in [4.78, 5) is 12.0. The van der Waals surface area contributed by atoms with Crippen molar-refractivity contribution in [1.29, 1.82) is 0 Å². The normalized spacial score (nSPS) is 11.4. The van der Waals surface area contributed by atoms with Gasteiger partial charge >= 0.3 is 0 Å². The highest BCUT2D eigenvalue weighted by Gasteiger charge is 2.05. The van der Waals surface area contributed by atoms with Gasteiger partial charge in [0.15, 0.2) is 6.61 Å². The number of nitrogens with zero attached hydrogens (tertiary/aromatic N) is 1. The van der Waals surface area contributed by atoms with Gasteiger partial charge in [-0.15, -0.1) is 0 Å². The maximum absolute atomic E-state index is 12.0. The smallest absolute Gasteiger partial charge is 0.277 e. The van der Waals surface area contributed by atoms with Crippen LogP contribution in [0.25, 0.3) is 10.8 Å². The fraction of sp³-hybridized carbons (Fsp3) is 0.143. The molecule has 0 bridgehead atoms. The van der Waals surface area contributed by atoms with Crippen molar-refractivity contribution in [2.75, 3.05) is 6.61 Å². The summed E-state index contributed by atoms with van der Waals surface area (Å²) < 4.78 is 6.50. The quantitative estimate of drug-likeness (QED) is 0.483. The molecule has 0 atom stereocenters. The molecule has 0 heterocycles. The Balaban J connectivity index is 1.60. The van der Waals surface area contributed by atoms with Crippen LogP contribution in [0.15, 0.2) is 70.2 Å². The van der Waals surface area contributed by atoms with E-state index in [1.807, 2.05) is 56.3 Å². The molecule has 0 aliphatic rings. The fourth-order valence-corrected chi connectivity index (χ4v) is 2.76. The van der Waals surface area contributed by atoms with Crippen LogP contribution in [0.1, 0.15) is 18.1 Å². The number of fused-ring (bicyclic) bond motifs is 1. The van der Waals surface area contributed by atoms with Gasteiger partial charge in [0.2, 0.25) is 0 Å². The molecule has 1 N–H and O–H groups in total. The minimum atomic E-state index is -0.300. The van der Waals surface area contributed by atoms with Crippen LogP contribution >= 0.6 is 15.9 Å². The molecule has 3 aromatic carbocycles. The number of aryl methyl sites for hydroxylation is 1. The van der Waals surface area contributed by atoms with Gasteiger partial charge in [0.25, 0.3) is 5.91 Å². The molecule has 132 valence electrons. The molecular weight excluding hydrogens is 392 g/mol. The molecule has 1 amide bonds. The average Bonchev–Trinajstić information content (AvgIpc) is 2.66. The van der Waals surface area contributed by atoms with Crippen molar-refractivity contribution >= 4 is 38.3 Å². The van der Waals surface area contributed by atoms with E-state index in [1.165, 1.54) is 5.39 Å². The summed E-state index contributed by atoms with van der Waals surface area (Å²) in [6, 6.07) is 19.8. The second kappa shape index (κ2) is 8.15. The molecule has 0 spiro atoms. The van der Waals surface area contributed by atoms with Crippen LogP contribution in [0, 0.1) is 6.92 Å². The zero-order valence-corrected chi connectivity index (χ0v) is 16.2. The van der Waals surface area contributed by atoms with Crippen molar-refractivity contribution in [2.45, 2.75) is 13.8 Å². The van der Waals surface area contributed by atoms with Gasteiger partial charge in [0.1, 0.15) is 5.75 Å². The molecule has 0 aliphatic carbocycles. The number of hydrogen-bond acceptors (Lipinski definition) is 3. The number of hydrogen-bond donors (Lipinski definition) is 1. The zero-order valence-electron chi connectivity index (χ0n) is 14.6. The molecule has 0 saturated carbocycles. The number of carbonyl (C=O) groups excluding carboxylic acids is 1. The summed E-state index contributed by atoms with van der Waals surface area (Å²) in [6.07, 6.45) is 0. The first-order valence-electron chi connectivity index (χ1n) is 8.24. The van der Waals surface area contributed by atoms with Crippen molar-refractivity contribution in [1.82, 2.24) is 5.43 Å². The molecule has 0 fully saturated rings. The lowest BCUT2D eigenvalue weighted by Gasteiger charge is -2.08. The molecule has 3 aromatic rings. The fourth-order valence-electron chi connectivity index (χ4n) is 2.51. The predicted octanol–water partition coefficient (Wildman–Crippen LogP) is 4.83. The highest BCUT2D eigenvalue weighted by molar-refractivity contribution is 9.10. The van der Waals surface area contributed by atoms with Gasteiger partial charge in [0.05, 0.1) is 5.71 Å². The number of benzene rings is 3. The SMILES string of the molecule is CC(=NNC(=O)COc1ccc(Br)c(C)c1)c1ccc2ccccc2c1. The van der Waals surface area contributed by atoms with Crippen molar-refractivity contribution in [3.8, 4) is 5.75 Å². The van der Waals surface area contributed by atoms with Crippen LogP contribution in [0.4, 0.5) is 0 Å². The van der Waals surface area contributed by atoms with Gasteiger partial charge in [-0.2, -0.15) is 5.10 Å². The van der Waals surface area contributed by atoms with Gasteiger partial charge in [-0.05, 0) is 60.0 Å². The lowest BCUT2D eigenvalue weighted by atomic mass is 10.0. The number of amides is 1. The third-order valence-electron chi connectivity index (χ3n) is 4.01. The maximum atomic E-state index is 12.0. The van der Waals surface area contributed by atoms with E-state index in [0.29, 0.717) is 5.75 Å². The van der Waals surface area contributed by atoms with Crippen LogP contribution < -0.4 is 10.2 Å². The minimum Gasteiger partial charge on any atom is -0.484 e. The van der Waals surface area contributed by atoms with Crippen LogP contribution in [0.5, 0.6) is 5.75 Å². The lowest BCUT2D eigenvalue weighted by molar-refractivity contribution is -0.123. The summed E-state index contributed by atoms with van der Waals surface area (Å²) in [6.45, 7) is 3.74. The van der Waals surface area contributed by atoms with Crippen LogP contribution in [-0.4, -0.2) is 18.2 Å². The molecule has 0 aliphatic heterocycles. The maximum Gasteiger partial charge on any atom is 0.277 e. The molecule has 3 rings (SSSR count). The molecule has 0 unspecified atom stereocenters. The van der Waals surface area contributed by atoms with Gasteiger partial charge in [0, 0.05) is 4.47 Å². The standard InChI is InChI=1S/C21H19BrN2O2/c1-14-11-19(9-10-20(14)22)26-13-21(25)24-23-15(2)17-8-7-16-5-3-4-6-18(16)12-17/h3-12H,13H2,1-2H3,(H,24,25). The van der Waals surface area contributed by atoms with E-state index < -0.39 is 0 Å². The van der Waals surface area contributed by atoms with Crippen LogP contribution in [-0.2, 0) is 4.79 Å². The van der Waals surface area contributed by atoms with Crippen LogP contribution in [0.2, 0.25) is 0 Å². The molecule has 4 nitrogen and oxygen atoms in total. The first-order chi connectivity index (χ1) is 12.5. The number of rotatable bonds is 5. The van der Waals surface area contributed by atoms with E-state index in [1.54, 1.807) is 0 Å². The monoisotopic (exact) mass is 410 g/mol. The minimum absolute atomic E-state index is 0.0877. The lowest BCUT2D eigenvalue weighted by Crippen LogP contribution is -2.25. The zero-order chi connectivity index (χ0) is 18.5. The van der Waals surface area contributed by atoms with E-state index in [4.69, 9.17) is 4.74 Å².